The summed E-state index contributed by atoms with van der Waals surface area (Å²) in [6.07, 6.45) is 6.62. The lowest BCUT2D eigenvalue weighted by atomic mass is 10.1. The number of rotatable bonds is 4. The summed E-state index contributed by atoms with van der Waals surface area (Å²) < 4.78 is 15.0. The average molecular weight is 462 g/mol. The highest BCUT2D eigenvalue weighted by molar-refractivity contribution is 5.91. The van der Waals surface area contributed by atoms with Crippen LogP contribution in [0.2, 0.25) is 0 Å². The molecule has 5 rings (SSSR count). The minimum Gasteiger partial charge on any atom is -0.352 e. The normalized spacial score (nSPS) is 16.3. The molecular weight excluding hydrogens is 433 g/mol. The molecule has 2 aliphatic rings. The summed E-state index contributed by atoms with van der Waals surface area (Å²) in [4.78, 5) is 26.0. The van der Waals surface area contributed by atoms with Gasteiger partial charge in [-0.15, -0.1) is 0 Å². The Labute approximate surface area is 198 Å². The van der Waals surface area contributed by atoms with E-state index in [0.717, 1.165) is 40.3 Å². The van der Waals surface area contributed by atoms with E-state index < -0.39 is 0 Å². The minimum atomic E-state index is -0.285. The van der Waals surface area contributed by atoms with Crippen molar-refractivity contribution in [3.8, 4) is 0 Å². The van der Waals surface area contributed by atoms with Gasteiger partial charge in [0.05, 0.1) is 17.4 Å². The molecule has 1 atom stereocenters. The van der Waals surface area contributed by atoms with E-state index in [-0.39, 0.29) is 17.9 Å². The van der Waals surface area contributed by atoms with Crippen molar-refractivity contribution in [1.29, 1.82) is 0 Å². The number of aryl methyl sites for hydroxylation is 2. The first-order valence-corrected chi connectivity index (χ1v) is 11.5. The molecule has 8 nitrogen and oxygen atoms in total. The van der Waals surface area contributed by atoms with Crippen molar-refractivity contribution in [2.45, 2.75) is 26.3 Å². The fourth-order valence-electron chi connectivity index (χ4n) is 4.69. The zero-order valence-corrected chi connectivity index (χ0v) is 19.6. The monoisotopic (exact) mass is 461 g/mol. The number of nitrogens with one attached hydrogen (secondary N) is 1. The summed E-state index contributed by atoms with van der Waals surface area (Å²) in [6.45, 7) is 6.50. The molecule has 3 aromatic rings. The summed E-state index contributed by atoms with van der Waals surface area (Å²) in [5, 5.41) is 7.48. The Morgan fingerprint density at radius 1 is 1.12 bits per heavy atom. The SMILES string of the molecule is Cc1nn(C)cc1C1=Cc2c(ncnc2N2CCN(C(=O)N[C@@H](C)c3ccc(F)cc3)CC2)C1. The molecule has 9 heteroatoms. The largest absolute Gasteiger partial charge is 0.352 e. The fraction of sp³-hybridized carbons (Fsp3) is 0.360. The van der Waals surface area contributed by atoms with Gasteiger partial charge in [0, 0.05) is 57.0 Å². The second-order valence-corrected chi connectivity index (χ2v) is 8.90. The molecule has 1 aliphatic heterocycles. The Hall–Kier alpha value is -3.75. The third kappa shape index (κ3) is 4.25. The van der Waals surface area contributed by atoms with Crippen molar-refractivity contribution >= 4 is 23.5 Å². The molecule has 1 saturated heterocycles. The molecule has 0 saturated carbocycles. The number of urea groups is 1. The number of nitrogens with zero attached hydrogens (tertiary/aromatic N) is 6. The number of hydrogen-bond donors (Lipinski definition) is 1. The number of anilines is 1. The van der Waals surface area contributed by atoms with Crippen LogP contribution in [0.25, 0.3) is 11.6 Å². The maximum absolute atomic E-state index is 13.2. The number of halogens is 1. The van der Waals surface area contributed by atoms with E-state index in [1.54, 1.807) is 18.5 Å². The number of amides is 2. The van der Waals surface area contributed by atoms with Gasteiger partial charge in [0.2, 0.25) is 0 Å². The van der Waals surface area contributed by atoms with Gasteiger partial charge < -0.3 is 15.1 Å². The molecule has 176 valence electrons. The number of piperazine rings is 1. The van der Waals surface area contributed by atoms with Crippen LogP contribution in [-0.4, -0.2) is 56.9 Å². The first kappa shape index (κ1) is 22.1. The van der Waals surface area contributed by atoms with Gasteiger partial charge in [-0.25, -0.2) is 19.2 Å². The van der Waals surface area contributed by atoms with Crippen molar-refractivity contribution in [2.75, 3.05) is 31.1 Å². The summed E-state index contributed by atoms with van der Waals surface area (Å²) in [7, 11) is 1.93. The molecule has 1 aliphatic carbocycles. The van der Waals surface area contributed by atoms with Gasteiger partial charge in [0.15, 0.2) is 0 Å². The van der Waals surface area contributed by atoms with Crippen LogP contribution in [-0.2, 0) is 13.5 Å². The van der Waals surface area contributed by atoms with Crippen molar-refractivity contribution in [2.24, 2.45) is 7.05 Å². The van der Waals surface area contributed by atoms with Gasteiger partial charge >= 0.3 is 6.03 Å². The van der Waals surface area contributed by atoms with Crippen molar-refractivity contribution < 1.29 is 9.18 Å². The van der Waals surface area contributed by atoms with E-state index in [2.05, 4.69) is 31.4 Å². The number of hydrogen-bond acceptors (Lipinski definition) is 5. The molecule has 0 radical (unpaired) electrons. The van der Waals surface area contributed by atoms with E-state index in [9.17, 15) is 9.18 Å². The van der Waals surface area contributed by atoms with E-state index in [4.69, 9.17) is 0 Å². The summed E-state index contributed by atoms with van der Waals surface area (Å²) in [5.41, 5.74) is 6.31. The highest BCUT2D eigenvalue weighted by Crippen LogP contribution is 2.36. The number of fused-ring (bicyclic) bond motifs is 1. The van der Waals surface area contributed by atoms with Crippen LogP contribution in [0.3, 0.4) is 0 Å². The maximum Gasteiger partial charge on any atom is 0.317 e. The molecule has 34 heavy (non-hydrogen) atoms. The topological polar surface area (TPSA) is 79.2 Å². The third-order valence-corrected chi connectivity index (χ3v) is 6.56. The van der Waals surface area contributed by atoms with E-state index >= 15 is 0 Å². The van der Waals surface area contributed by atoms with Crippen LogP contribution in [0.4, 0.5) is 15.0 Å². The Balaban J connectivity index is 1.25. The molecule has 1 N–H and O–H groups in total. The first-order chi connectivity index (χ1) is 16.4. The van der Waals surface area contributed by atoms with Gasteiger partial charge in [-0.1, -0.05) is 12.1 Å². The Morgan fingerprint density at radius 3 is 2.53 bits per heavy atom. The quantitative estimate of drug-likeness (QED) is 0.645. The van der Waals surface area contributed by atoms with Crippen LogP contribution in [0, 0.1) is 12.7 Å². The molecule has 3 heterocycles. The molecule has 1 fully saturated rings. The van der Waals surface area contributed by atoms with Gasteiger partial charge in [0.1, 0.15) is 18.0 Å². The fourth-order valence-corrected chi connectivity index (χ4v) is 4.69. The highest BCUT2D eigenvalue weighted by Gasteiger charge is 2.27. The molecular formula is C25H28FN7O. The molecule has 1 aromatic carbocycles. The van der Waals surface area contributed by atoms with Crippen LogP contribution >= 0.6 is 0 Å². The zero-order valence-electron chi connectivity index (χ0n) is 19.6. The Kier molecular flexibility index (Phi) is 5.77. The summed E-state index contributed by atoms with van der Waals surface area (Å²) in [5.74, 6) is 0.633. The van der Waals surface area contributed by atoms with Crippen molar-refractivity contribution in [3.63, 3.8) is 0 Å². The lowest BCUT2D eigenvalue weighted by Crippen LogP contribution is -2.52. The van der Waals surface area contributed by atoms with Crippen LogP contribution < -0.4 is 10.2 Å². The van der Waals surface area contributed by atoms with Gasteiger partial charge in [-0.2, -0.15) is 5.10 Å². The van der Waals surface area contributed by atoms with Crippen LogP contribution in [0.15, 0.2) is 36.8 Å². The highest BCUT2D eigenvalue weighted by atomic mass is 19.1. The summed E-state index contributed by atoms with van der Waals surface area (Å²) >= 11 is 0. The van der Waals surface area contributed by atoms with Crippen LogP contribution in [0.1, 0.15) is 41.0 Å². The molecule has 0 spiro atoms. The average Bonchev–Trinajstić information content (AvgIpc) is 3.41. The second-order valence-electron chi connectivity index (χ2n) is 8.90. The smallest absolute Gasteiger partial charge is 0.317 e. The maximum atomic E-state index is 13.2. The van der Waals surface area contributed by atoms with Gasteiger partial charge in [-0.05, 0) is 43.2 Å². The predicted molar refractivity (Wildman–Crippen MR) is 129 cm³/mol. The standard InChI is InChI=1S/C25H28FN7O/c1-16(18-4-6-20(26)7-5-18)29-25(34)33-10-8-32(9-11-33)24-21-12-19(13-23(21)27-15-28-24)22-14-31(3)30-17(22)2/h4-7,12,14-16H,8-11,13H2,1-3H3,(H,29,34)/t16-/m0/s1. The Morgan fingerprint density at radius 2 is 1.85 bits per heavy atom. The van der Waals surface area contributed by atoms with E-state index in [1.807, 2.05) is 36.7 Å². The molecule has 0 unspecified atom stereocenters. The number of carbonyl (C=O) groups is 1. The van der Waals surface area contributed by atoms with Crippen molar-refractivity contribution in [1.82, 2.24) is 30.0 Å². The number of aromatic nitrogens is 4. The van der Waals surface area contributed by atoms with Crippen molar-refractivity contribution in [3.05, 3.63) is 70.7 Å². The number of carbonyl (C=O) groups excluding carboxylic acids is 1. The third-order valence-electron chi connectivity index (χ3n) is 6.56. The lowest BCUT2D eigenvalue weighted by molar-refractivity contribution is 0.191. The number of benzene rings is 1. The molecule has 2 aromatic heterocycles. The van der Waals surface area contributed by atoms with Gasteiger partial charge in [0.25, 0.3) is 0 Å². The zero-order chi connectivity index (χ0) is 23.8. The summed E-state index contributed by atoms with van der Waals surface area (Å²) in [6, 6.07) is 5.90. The number of allylic oxidation sites excluding steroid dienone is 1. The Bertz CT molecular complexity index is 1240. The van der Waals surface area contributed by atoms with E-state index in [1.165, 1.54) is 17.7 Å². The lowest BCUT2D eigenvalue weighted by Gasteiger charge is -2.36. The predicted octanol–water partition coefficient (Wildman–Crippen LogP) is 3.35. The van der Waals surface area contributed by atoms with Gasteiger partial charge in [-0.3, -0.25) is 4.68 Å². The first-order valence-electron chi connectivity index (χ1n) is 11.5. The van der Waals surface area contributed by atoms with E-state index in [0.29, 0.717) is 26.2 Å². The van der Waals surface area contributed by atoms with Crippen LogP contribution in [0.5, 0.6) is 0 Å². The second kappa shape index (κ2) is 8.89. The molecule has 0 bridgehead atoms. The molecule has 2 amide bonds. The minimum absolute atomic E-state index is 0.112.